The van der Waals surface area contributed by atoms with E-state index in [0.29, 0.717) is 16.5 Å². The Morgan fingerprint density at radius 3 is 3.08 bits per heavy atom. The molecular weight excluding hydrogens is 174 g/mol. The largest absolute Gasteiger partial charge is 0.402 e. The molecule has 0 fully saturated rings. The Bertz CT molecular complexity index is 289. The van der Waals surface area contributed by atoms with Gasteiger partial charge in [-0.05, 0) is 13.0 Å². The highest BCUT2D eigenvalue weighted by atomic mass is 32.2. The second-order valence-electron chi connectivity index (χ2n) is 2.40. The molecule has 1 heterocycles. The maximum Gasteiger partial charge on any atom is 0.256 e. The van der Waals surface area contributed by atoms with Crippen LogP contribution in [0.15, 0.2) is 16.8 Å². The van der Waals surface area contributed by atoms with Crippen molar-refractivity contribution in [3.05, 3.63) is 11.8 Å². The van der Waals surface area contributed by atoms with Crippen molar-refractivity contribution in [3.8, 4) is 0 Å². The molecule has 0 radical (unpaired) electrons. The lowest BCUT2D eigenvalue weighted by Crippen LogP contribution is -2.19. The number of allylic oxidation sites excluding steroid dienone is 2. The standard InChI is InChI=1S/C7H9N3OS/c1-4(8)2-5-7(9)12-3-6(11)10-5/h2,9H,3,8H2,1H3/b4-2-,9-7?. The van der Waals surface area contributed by atoms with Crippen LogP contribution >= 0.6 is 11.8 Å². The van der Waals surface area contributed by atoms with Gasteiger partial charge in [-0.3, -0.25) is 10.2 Å². The number of nitrogens with two attached hydrogens (primary N) is 1. The van der Waals surface area contributed by atoms with E-state index in [0.717, 1.165) is 0 Å². The number of hydrogen-bond donors (Lipinski definition) is 2. The summed E-state index contributed by atoms with van der Waals surface area (Å²) in [7, 11) is 0. The zero-order chi connectivity index (χ0) is 9.14. The molecule has 4 nitrogen and oxygen atoms in total. The van der Waals surface area contributed by atoms with E-state index in [4.69, 9.17) is 11.1 Å². The van der Waals surface area contributed by atoms with E-state index in [1.54, 1.807) is 6.92 Å². The lowest BCUT2D eigenvalue weighted by atomic mass is 10.3. The second-order valence-corrected chi connectivity index (χ2v) is 3.38. The van der Waals surface area contributed by atoms with Crippen molar-refractivity contribution in [1.29, 1.82) is 5.41 Å². The number of rotatable bonds is 1. The van der Waals surface area contributed by atoms with E-state index >= 15 is 0 Å². The molecule has 0 unspecified atom stereocenters. The van der Waals surface area contributed by atoms with Crippen molar-refractivity contribution in [3.63, 3.8) is 0 Å². The molecule has 0 atom stereocenters. The van der Waals surface area contributed by atoms with E-state index in [1.807, 2.05) is 0 Å². The van der Waals surface area contributed by atoms with Crippen LogP contribution in [0.3, 0.4) is 0 Å². The van der Waals surface area contributed by atoms with Crippen LogP contribution in [-0.2, 0) is 4.79 Å². The highest BCUT2D eigenvalue weighted by molar-refractivity contribution is 8.16. The van der Waals surface area contributed by atoms with Gasteiger partial charge in [-0.25, -0.2) is 4.99 Å². The molecule has 1 aliphatic heterocycles. The highest BCUT2D eigenvalue weighted by Gasteiger charge is 2.15. The minimum Gasteiger partial charge on any atom is -0.402 e. The zero-order valence-corrected chi connectivity index (χ0v) is 7.44. The number of carbonyl (C=O) groups excluding carboxylic acids is 1. The minimum absolute atomic E-state index is 0.205. The molecule has 0 saturated carbocycles. The fourth-order valence-corrected chi connectivity index (χ4v) is 1.32. The number of thioether (sulfide) groups is 1. The van der Waals surface area contributed by atoms with Crippen LogP contribution in [0.4, 0.5) is 0 Å². The summed E-state index contributed by atoms with van der Waals surface area (Å²) >= 11 is 1.18. The van der Waals surface area contributed by atoms with Crippen molar-refractivity contribution in [1.82, 2.24) is 0 Å². The lowest BCUT2D eigenvalue weighted by Gasteiger charge is -2.07. The van der Waals surface area contributed by atoms with Crippen LogP contribution in [0.5, 0.6) is 0 Å². The highest BCUT2D eigenvalue weighted by Crippen LogP contribution is 2.11. The van der Waals surface area contributed by atoms with E-state index < -0.39 is 0 Å². The van der Waals surface area contributed by atoms with Crippen LogP contribution in [0.25, 0.3) is 0 Å². The molecule has 0 spiro atoms. The summed E-state index contributed by atoms with van der Waals surface area (Å²) in [6.45, 7) is 1.69. The normalized spacial score (nSPS) is 19.4. The second kappa shape index (κ2) is 3.53. The molecule has 5 heteroatoms. The van der Waals surface area contributed by atoms with Gasteiger partial charge in [-0.2, -0.15) is 0 Å². The number of amides is 1. The Hall–Kier alpha value is -1.10. The van der Waals surface area contributed by atoms with Crippen molar-refractivity contribution in [2.24, 2.45) is 10.7 Å². The molecule has 0 aromatic carbocycles. The van der Waals surface area contributed by atoms with Crippen LogP contribution < -0.4 is 5.73 Å². The molecule has 1 amide bonds. The Morgan fingerprint density at radius 1 is 1.83 bits per heavy atom. The van der Waals surface area contributed by atoms with Gasteiger partial charge in [0.05, 0.1) is 5.75 Å². The van der Waals surface area contributed by atoms with E-state index in [2.05, 4.69) is 4.99 Å². The molecule has 0 bridgehead atoms. The van der Waals surface area contributed by atoms with Gasteiger partial charge in [-0.15, -0.1) is 0 Å². The summed E-state index contributed by atoms with van der Waals surface area (Å²) in [5.41, 5.74) is 6.32. The van der Waals surface area contributed by atoms with Gasteiger partial charge in [0.25, 0.3) is 5.91 Å². The smallest absolute Gasteiger partial charge is 0.256 e. The number of carbonyl (C=O) groups is 1. The molecule has 12 heavy (non-hydrogen) atoms. The van der Waals surface area contributed by atoms with Crippen LogP contribution in [0.1, 0.15) is 6.92 Å². The third-order valence-corrected chi connectivity index (χ3v) is 2.07. The van der Waals surface area contributed by atoms with E-state index in [9.17, 15) is 4.79 Å². The lowest BCUT2D eigenvalue weighted by molar-refractivity contribution is -0.115. The Balaban J connectivity index is 2.93. The minimum atomic E-state index is -0.205. The van der Waals surface area contributed by atoms with Crippen LogP contribution in [-0.4, -0.2) is 22.4 Å². The van der Waals surface area contributed by atoms with Gasteiger partial charge in [0, 0.05) is 5.70 Å². The van der Waals surface area contributed by atoms with Crippen molar-refractivity contribution in [2.75, 3.05) is 5.75 Å². The zero-order valence-electron chi connectivity index (χ0n) is 6.63. The SMILES string of the molecule is C/C(N)=C/C1=NC(=O)CSC1=N. The van der Waals surface area contributed by atoms with Gasteiger partial charge < -0.3 is 5.73 Å². The average Bonchev–Trinajstić information content (AvgIpc) is 1.96. The molecule has 0 aliphatic carbocycles. The van der Waals surface area contributed by atoms with Crippen molar-refractivity contribution >= 4 is 28.4 Å². The summed E-state index contributed by atoms with van der Waals surface area (Å²) < 4.78 is 0. The summed E-state index contributed by atoms with van der Waals surface area (Å²) in [6.07, 6.45) is 1.53. The summed E-state index contributed by atoms with van der Waals surface area (Å²) in [6, 6.07) is 0. The maximum absolute atomic E-state index is 10.8. The van der Waals surface area contributed by atoms with Crippen LogP contribution in [0, 0.1) is 5.41 Å². The Morgan fingerprint density at radius 2 is 2.50 bits per heavy atom. The molecule has 3 N–H and O–H groups in total. The predicted molar refractivity (Wildman–Crippen MR) is 50.6 cm³/mol. The number of aliphatic imine (C=N–C) groups is 1. The predicted octanol–water partition coefficient (Wildman–Crippen LogP) is 0.541. The number of nitrogens with zero attached hydrogens (tertiary/aromatic N) is 1. The van der Waals surface area contributed by atoms with Gasteiger partial charge in [0.1, 0.15) is 10.8 Å². The number of nitrogens with one attached hydrogen (secondary N) is 1. The molecule has 64 valence electrons. The Labute approximate surface area is 74.4 Å². The quantitative estimate of drug-likeness (QED) is 0.622. The fourth-order valence-electron chi connectivity index (χ4n) is 0.739. The van der Waals surface area contributed by atoms with E-state index in [-0.39, 0.29) is 11.7 Å². The first-order valence-corrected chi connectivity index (χ1v) is 4.35. The Kier molecular flexibility index (Phi) is 2.65. The van der Waals surface area contributed by atoms with Gasteiger partial charge >= 0.3 is 0 Å². The molecule has 1 aliphatic rings. The van der Waals surface area contributed by atoms with Gasteiger partial charge in [-0.1, -0.05) is 11.8 Å². The first-order chi connectivity index (χ1) is 5.59. The molecule has 0 aromatic heterocycles. The summed E-state index contributed by atoms with van der Waals surface area (Å²) in [5.74, 6) is 0.0586. The third-order valence-electron chi connectivity index (χ3n) is 1.18. The summed E-state index contributed by atoms with van der Waals surface area (Å²) in [4.78, 5) is 14.5. The molecule has 0 aromatic rings. The average molecular weight is 183 g/mol. The van der Waals surface area contributed by atoms with Crippen LogP contribution in [0.2, 0.25) is 0 Å². The first-order valence-electron chi connectivity index (χ1n) is 3.36. The van der Waals surface area contributed by atoms with Crippen molar-refractivity contribution < 1.29 is 4.79 Å². The van der Waals surface area contributed by atoms with E-state index in [1.165, 1.54) is 17.8 Å². The van der Waals surface area contributed by atoms with Gasteiger partial charge in [0.15, 0.2) is 0 Å². The molecule has 0 saturated heterocycles. The fraction of sp³-hybridized carbons (Fsp3) is 0.286. The van der Waals surface area contributed by atoms with Crippen molar-refractivity contribution in [2.45, 2.75) is 6.92 Å². The first kappa shape index (κ1) is 8.99. The van der Waals surface area contributed by atoms with Gasteiger partial charge in [0.2, 0.25) is 0 Å². The maximum atomic E-state index is 10.8. The monoisotopic (exact) mass is 183 g/mol. The topological polar surface area (TPSA) is 79.3 Å². The molecule has 1 rings (SSSR count). The third kappa shape index (κ3) is 2.20. The molecular formula is C7H9N3OS. The summed E-state index contributed by atoms with van der Waals surface area (Å²) in [5, 5.41) is 7.71. The number of hydrogen-bond acceptors (Lipinski definition) is 4.